The quantitative estimate of drug-likeness (QED) is 0.300. The van der Waals surface area contributed by atoms with E-state index in [0.29, 0.717) is 39.9 Å². The minimum absolute atomic E-state index is 0.240. The first-order chi connectivity index (χ1) is 17.5. The zero-order chi connectivity index (χ0) is 25.2. The summed E-state index contributed by atoms with van der Waals surface area (Å²) in [4.78, 5) is 28.0. The van der Waals surface area contributed by atoms with Crippen LogP contribution in [0.4, 0.5) is 5.69 Å². The van der Waals surface area contributed by atoms with Gasteiger partial charge in [-0.25, -0.2) is 0 Å². The standard InChI is InChI=1S/C26H21ClN4O3S2/c1-34-21-7-3-2-5-18(21)26(33)31-20(13-17-8-9-22(27)36-17)23(28)24(29-31)19-6-4-11-30(25(19)32)14-16-10-12-35-15-16/h2-12,15H,13-14,28H2,1H3. The maximum absolute atomic E-state index is 13.7. The van der Waals surface area contributed by atoms with E-state index in [1.165, 1.54) is 23.1 Å². The van der Waals surface area contributed by atoms with Gasteiger partial charge in [0.05, 0.1) is 40.5 Å². The summed E-state index contributed by atoms with van der Waals surface area (Å²) >= 11 is 9.11. The Morgan fingerprint density at radius 1 is 1.14 bits per heavy atom. The highest BCUT2D eigenvalue weighted by molar-refractivity contribution is 7.16. The summed E-state index contributed by atoms with van der Waals surface area (Å²) in [5, 5.41) is 8.55. The second-order valence-corrected chi connectivity index (χ2v) is 10.6. The third-order valence-corrected chi connectivity index (χ3v) is 7.69. The number of nitrogen functional groups attached to an aromatic ring is 1. The number of nitrogens with zero attached hydrogens (tertiary/aromatic N) is 3. The van der Waals surface area contributed by atoms with Gasteiger partial charge in [0.1, 0.15) is 11.4 Å². The van der Waals surface area contributed by atoms with Crippen molar-refractivity contribution in [3.8, 4) is 17.0 Å². The molecular weight excluding hydrogens is 516 g/mol. The predicted octanol–water partition coefficient (Wildman–Crippen LogP) is 5.41. The second kappa shape index (κ2) is 10.1. The number of ether oxygens (including phenoxy) is 1. The summed E-state index contributed by atoms with van der Waals surface area (Å²) in [6, 6.07) is 16.0. The molecule has 2 N–H and O–H groups in total. The highest BCUT2D eigenvalue weighted by Crippen LogP contribution is 2.32. The van der Waals surface area contributed by atoms with Crippen LogP contribution >= 0.6 is 34.3 Å². The fourth-order valence-corrected chi connectivity index (χ4v) is 5.72. The first kappa shape index (κ1) is 24.1. The van der Waals surface area contributed by atoms with Gasteiger partial charge in [-0.05, 0) is 58.8 Å². The number of carbonyl (C=O) groups excluding carboxylic acids is 1. The molecule has 0 aliphatic heterocycles. The van der Waals surface area contributed by atoms with Gasteiger partial charge < -0.3 is 15.0 Å². The van der Waals surface area contributed by atoms with Crippen LogP contribution in [0.15, 0.2) is 76.3 Å². The van der Waals surface area contributed by atoms with Crippen LogP contribution < -0.4 is 16.0 Å². The van der Waals surface area contributed by atoms with Gasteiger partial charge in [-0.2, -0.15) is 21.1 Å². The third-order valence-electron chi connectivity index (χ3n) is 5.73. The van der Waals surface area contributed by atoms with Crippen molar-refractivity contribution in [2.24, 2.45) is 0 Å². The van der Waals surface area contributed by atoms with Gasteiger partial charge in [0, 0.05) is 17.5 Å². The van der Waals surface area contributed by atoms with Crippen LogP contribution in [-0.2, 0) is 13.0 Å². The van der Waals surface area contributed by atoms with E-state index < -0.39 is 5.91 Å². The number of benzene rings is 1. The maximum atomic E-state index is 13.7. The van der Waals surface area contributed by atoms with Crippen molar-refractivity contribution in [1.29, 1.82) is 0 Å². The Morgan fingerprint density at radius 3 is 2.69 bits per heavy atom. The summed E-state index contributed by atoms with van der Waals surface area (Å²) in [7, 11) is 1.50. The van der Waals surface area contributed by atoms with E-state index in [1.54, 1.807) is 64.6 Å². The highest BCUT2D eigenvalue weighted by atomic mass is 35.5. The molecule has 0 atom stereocenters. The molecule has 0 aliphatic carbocycles. The number of aromatic nitrogens is 3. The third kappa shape index (κ3) is 4.60. The summed E-state index contributed by atoms with van der Waals surface area (Å²) in [6.07, 6.45) is 2.05. The average molecular weight is 537 g/mol. The summed E-state index contributed by atoms with van der Waals surface area (Å²) in [5.74, 6) is 0.0126. The second-order valence-electron chi connectivity index (χ2n) is 8.00. The molecule has 10 heteroatoms. The van der Waals surface area contributed by atoms with E-state index in [9.17, 15) is 9.59 Å². The molecule has 5 rings (SSSR count). The van der Waals surface area contributed by atoms with Crippen LogP contribution in [0.3, 0.4) is 0 Å². The smallest absolute Gasteiger partial charge is 0.282 e. The number of anilines is 1. The van der Waals surface area contributed by atoms with Gasteiger partial charge in [-0.15, -0.1) is 11.3 Å². The van der Waals surface area contributed by atoms with Gasteiger partial charge >= 0.3 is 0 Å². The highest BCUT2D eigenvalue weighted by Gasteiger charge is 2.25. The molecule has 0 spiro atoms. The van der Waals surface area contributed by atoms with Gasteiger partial charge in [0.2, 0.25) is 0 Å². The van der Waals surface area contributed by atoms with Crippen LogP contribution in [-0.4, -0.2) is 27.4 Å². The number of para-hydroxylation sites is 1. The summed E-state index contributed by atoms with van der Waals surface area (Å²) in [5.41, 5.74) is 9.05. The summed E-state index contributed by atoms with van der Waals surface area (Å²) < 4.78 is 8.90. The predicted molar refractivity (Wildman–Crippen MR) is 145 cm³/mol. The molecule has 0 radical (unpaired) electrons. The molecule has 36 heavy (non-hydrogen) atoms. The van der Waals surface area contributed by atoms with Crippen molar-refractivity contribution < 1.29 is 9.53 Å². The Hall–Kier alpha value is -3.66. The molecule has 0 saturated carbocycles. The number of halogens is 1. The molecule has 4 heterocycles. The molecular formula is C26H21ClN4O3S2. The first-order valence-corrected chi connectivity index (χ1v) is 13.1. The number of hydrogen-bond donors (Lipinski definition) is 1. The van der Waals surface area contributed by atoms with Crippen LogP contribution in [0.2, 0.25) is 4.34 Å². The topological polar surface area (TPSA) is 92.1 Å². The molecule has 4 aromatic heterocycles. The number of pyridine rings is 1. The molecule has 0 fully saturated rings. The summed E-state index contributed by atoms with van der Waals surface area (Å²) in [6.45, 7) is 0.428. The van der Waals surface area contributed by atoms with Crippen molar-refractivity contribution in [3.05, 3.63) is 108 Å². The van der Waals surface area contributed by atoms with E-state index >= 15 is 0 Å². The van der Waals surface area contributed by atoms with E-state index in [0.717, 1.165) is 10.4 Å². The van der Waals surface area contributed by atoms with Crippen molar-refractivity contribution in [2.45, 2.75) is 13.0 Å². The van der Waals surface area contributed by atoms with E-state index in [4.69, 9.17) is 22.1 Å². The number of methoxy groups -OCH3 is 1. The van der Waals surface area contributed by atoms with Gasteiger partial charge in [0.25, 0.3) is 11.5 Å². The Bertz CT molecular complexity index is 1600. The molecule has 0 amide bonds. The van der Waals surface area contributed by atoms with Crippen molar-refractivity contribution in [3.63, 3.8) is 0 Å². The van der Waals surface area contributed by atoms with Gasteiger partial charge in [-0.1, -0.05) is 23.7 Å². The number of rotatable bonds is 7. The van der Waals surface area contributed by atoms with Crippen LogP contribution in [0.1, 0.15) is 26.5 Å². The molecule has 0 unspecified atom stereocenters. The Balaban J connectivity index is 1.64. The molecule has 0 bridgehead atoms. The minimum Gasteiger partial charge on any atom is -0.496 e. The molecule has 7 nitrogen and oxygen atoms in total. The Kier molecular flexibility index (Phi) is 6.77. The fourth-order valence-electron chi connectivity index (χ4n) is 3.97. The van der Waals surface area contributed by atoms with Gasteiger partial charge in [-0.3, -0.25) is 9.59 Å². The fraction of sp³-hybridized carbons (Fsp3) is 0.115. The lowest BCUT2D eigenvalue weighted by Gasteiger charge is -2.09. The minimum atomic E-state index is -0.405. The van der Waals surface area contributed by atoms with E-state index in [1.807, 2.05) is 22.9 Å². The van der Waals surface area contributed by atoms with Crippen molar-refractivity contribution in [1.82, 2.24) is 14.3 Å². The zero-order valence-electron chi connectivity index (χ0n) is 19.2. The largest absolute Gasteiger partial charge is 0.496 e. The SMILES string of the molecule is COc1ccccc1C(=O)n1nc(-c2cccn(Cc3ccsc3)c2=O)c(N)c1Cc1ccc(Cl)s1. The monoisotopic (exact) mass is 536 g/mol. The number of carbonyl (C=O) groups is 1. The zero-order valence-corrected chi connectivity index (χ0v) is 21.6. The van der Waals surface area contributed by atoms with Crippen molar-refractivity contribution >= 4 is 45.9 Å². The first-order valence-electron chi connectivity index (χ1n) is 11.0. The van der Waals surface area contributed by atoms with Crippen LogP contribution in [0.5, 0.6) is 5.75 Å². The lowest BCUT2D eigenvalue weighted by atomic mass is 10.1. The Morgan fingerprint density at radius 2 is 1.97 bits per heavy atom. The normalized spacial score (nSPS) is 11.1. The van der Waals surface area contributed by atoms with Crippen LogP contribution in [0.25, 0.3) is 11.3 Å². The molecule has 0 aliphatic rings. The lowest BCUT2D eigenvalue weighted by Crippen LogP contribution is -2.22. The number of thiophene rings is 2. The van der Waals surface area contributed by atoms with E-state index in [-0.39, 0.29) is 16.9 Å². The van der Waals surface area contributed by atoms with Gasteiger partial charge in [0.15, 0.2) is 0 Å². The molecule has 0 saturated heterocycles. The number of nitrogens with two attached hydrogens (primary N) is 1. The van der Waals surface area contributed by atoms with E-state index in [2.05, 4.69) is 5.10 Å². The number of hydrogen-bond acceptors (Lipinski definition) is 7. The molecule has 182 valence electrons. The average Bonchev–Trinajstić information content (AvgIpc) is 3.62. The van der Waals surface area contributed by atoms with Crippen molar-refractivity contribution in [2.75, 3.05) is 12.8 Å². The molecule has 1 aromatic carbocycles. The Labute approximate surface area is 220 Å². The molecule has 5 aromatic rings. The van der Waals surface area contributed by atoms with Crippen LogP contribution in [0, 0.1) is 0 Å². The lowest BCUT2D eigenvalue weighted by molar-refractivity contribution is 0.0939. The maximum Gasteiger partial charge on any atom is 0.282 e.